The van der Waals surface area contributed by atoms with E-state index >= 15 is 0 Å². The molecule has 5 heteroatoms. The van der Waals surface area contributed by atoms with Gasteiger partial charge in [-0.2, -0.15) is 5.10 Å². The van der Waals surface area contributed by atoms with Gasteiger partial charge in [0.15, 0.2) is 0 Å². The molecule has 150 valence electrons. The Morgan fingerprint density at radius 1 is 1.18 bits per heavy atom. The van der Waals surface area contributed by atoms with Crippen molar-refractivity contribution in [1.82, 2.24) is 19.6 Å². The molecule has 2 aliphatic heterocycles. The van der Waals surface area contributed by atoms with E-state index < -0.39 is 0 Å². The Labute approximate surface area is 168 Å². The minimum Gasteiger partial charge on any atom is -0.343 e. The first-order valence-electron chi connectivity index (χ1n) is 10.5. The molecule has 2 fully saturated rings. The summed E-state index contributed by atoms with van der Waals surface area (Å²) in [7, 11) is 4.17. The summed E-state index contributed by atoms with van der Waals surface area (Å²) in [5, 5.41) is 4.19. The average Bonchev–Trinajstić information content (AvgIpc) is 3.12. The van der Waals surface area contributed by atoms with Gasteiger partial charge in [0.2, 0.25) is 5.91 Å². The van der Waals surface area contributed by atoms with Crippen LogP contribution < -0.4 is 0 Å². The lowest BCUT2D eigenvalue weighted by Crippen LogP contribution is -2.51. The number of likely N-dealkylation sites (tertiary alicyclic amines) is 2. The Balaban J connectivity index is 1.33. The molecular formula is C23H32N4O. The second-order valence-electron chi connectivity index (χ2n) is 8.91. The van der Waals surface area contributed by atoms with Gasteiger partial charge in [0.1, 0.15) is 0 Å². The lowest BCUT2D eigenvalue weighted by molar-refractivity contribution is -0.134. The number of hydrogen-bond acceptors (Lipinski definition) is 3. The largest absolute Gasteiger partial charge is 0.343 e. The summed E-state index contributed by atoms with van der Waals surface area (Å²) in [6, 6.07) is 10.9. The topological polar surface area (TPSA) is 41.4 Å². The first kappa shape index (κ1) is 19.2. The maximum Gasteiger partial charge on any atom is 0.222 e. The number of nitrogens with zero attached hydrogens (tertiary/aromatic N) is 4. The molecule has 0 radical (unpaired) electrons. The van der Waals surface area contributed by atoms with Gasteiger partial charge < -0.3 is 9.80 Å². The van der Waals surface area contributed by atoms with Crippen LogP contribution >= 0.6 is 0 Å². The van der Waals surface area contributed by atoms with Crippen LogP contribution in [0.4, 0.5) is 0 Å². The van der Waals surface area contributed by atoms with E-state index in [9.17, 15) is 4.79 Å². The zero-order chi connectivity index (χ0) is 19.6. The molecule has 1 spiro atoms. The fourth-order valence-electron chi connectivity index (χ4n) is 5.22. The number of aryl methyl sites for hydroxylation is 2. The second-order valence-corrected chi connectivity index (χ2v) is 8.91. The van der Waals surface area contributed by atoms with Gasteiger partial charge in [-0.15, -0.1) is 0 Å². The number of hydrogen-bond donors (Lipinski definition) is 0. The van der Waals surface area contributed by atoms with E-state index in [0.29, 0.717) is 23.7 Å². The number of carbonyl (C=O) groups is 1. The van der Waals surface area contributed by atoms with E-state index in [4.69, 9.17) is 0 Å². The summed E-state index contributed by atoms with van der Waals surface area (Å²) in [4.78, 5) is 17.3. The maximum atomic E-state index is 12.7. The molecule has 0 N–H and O–H groups in total. The number of carbonyl (C=O) groups excluding carboxylic acids is 1. The van der Waals surface area contributed by atoms with Gasteiger partial charge in [-0.25, -0.2) is 0 Å². The van der Waals surface area contributed by atoms with Crippen LogP contribution in [0, 0.1) is 5.41 Å². The van der Waals surface area contributed by atoms with Crippen LogP contribution in [0.1, 0.15) is 42.7 Å². The van der Waals surface area contributed by atoms with Crippen LogP contribution in [0.25, 0.3) is 0 Å². The standard InChI is InChI=1S/C23H32N4O/c1-25-17-21(20-6-4-3-5-7-20)14-23(18-25)10-12-27(13-11-23)22(28)9-8-19-15-24-26(2)16-19/h3-7,15-16,21H,8-14,17-18H2,1-2H3/t21-/m0/s1. The monoisotopic (exact) mass is 380 g/mol. The fourth-order valence-corrected chi connectivity index (χ4v) is 5.22. The minimum absolute atomic E-state index is 0.294. The first-order chi connectivity index (χ1) is 13.5. The van der Waals surface area contributed by atoms with E-state index in [1.807, 2.05) is 19.4 Å². The van der Waals surface area contributed by atoms with Gasteiger partial charge in [0, 0.05) is 45.8 Å². The van der Waals surface area contributed by atoms with Crippen LogP contribution in [0.2, 0.25) is 0 Å². The van der Waals surface area contributed by atoms with Crippen molar-refractivity contribution in [3.63, 3.8) is 0 Å². The van der Waals surface area contributed by atoms with E-state index in [1.54, 1.807) is 4.68 Å². The molecule has 0 bridgehead atoms. The molecular weight excluding hydrogens is 348 g/mol. The predicted molar refractivity (Wildman–Crippen MR) is 111 cm³/mol. The summed E-state index contributed by atoms with van der Waals surface area (Å²) < 4.78 is 1.80. The summed E-state index contributed by atoms with van der Waals surface area (Å²) >= 11 is 0. The predicted octanol–water partition coefficient (Wildman–Crippen LogP) is 3.08. The molecule has 2 saturated heterocycles. The van der Waals surface area contributed by atoms with Gasteiger partial charge in [-0.05, 0) is 55.2 Å². The molecule has 1 atom stereocenters. The number of benzene rings is 1. The molecule has 4 rings (SSSR count). The number of likely N-dealkylation sites (N-methyl/N-ethyl adjacent to an activating group) is 1. The lowest BCUT2D eigenvalue weighted by atomic mass is 9.68. The fraction of sp³-hybridized carbons (Fsp3) is 0.565. The second kappa shape index (κ2) is 8.08. The van der Waals surface area contributed by atoms with Gasteiger partial charge in [0.05, 0.1) is 6.20 Å². The van der Waals surface area contributed by atoms with E-state index in [-0.39, 0.29) is 0 Å². The average molecular weight is 381 g/mol. The SMILES string of the molecule is CN1C[C@@H](c2ccccc2)CC2(CCN(C(=O)CCc3cnn(C)c3)CC2)C1. The summed E-state index contributed by atoms with van der Waals surface area (Å²) in [5.74, 6) is 0.898. The van der Waals surface area contributed by atoms with Crippen LogP contribution in [-0.2, 0) is 18.3 Å². The van der Waals surface area contributed by atoms with Gasteiger partial charge in [0.25, 0.3) is 0 Å². The smallest absolute Gasteiger partial charge is 0.222 e. The van der Waals surface area contributed by atoms with Crippen LogP contribution in [0.5, 0.6) is 0 Å². The Morgan fingerprint density at radius 3 is 2.61 bits per heavy atom. The third-order valence-corrected chi connectivity index (χ3v) is 6.65. The molecule has 0 unspecified atom stereocenters. The third kappa shape index (κ3) is 4.30. The first-order valence-corrected chi connectivity index (χ1v) is 10.5. The Hall–Kier alpha value is -2.14. The van der Waals surface area contributed by atoms with Crippen LogP contribution in [0.3, 0.4) is 0 Å². The van der Waals surface area contributed by atoms with Crippen molar-refractivity contribution in [2.45, 2.75) is 38.0 Å². The van der Waals surface area contributed by atoms with E-state index in [0.717, 1.165) is 51.0 Å². The van der Waals surface area contributed by atoms with Crippen LogP contribution in [-0.4, -0.2) is 58.7 Å². The lowest BCUT2D eigenvalue weighted by Gasteiger charge is -2.49. The Bertz CT molecular complexity index is 792. The summed E-state index contributed by atoms with van der Waals surface area (Å²) in [5.41, 5.74) is 2.96. The molecule has 1 aromatic heterocycles. The van der Waals surface area contributed by atoms with Gasteiger partial charge in [-0.1, -0.05) is 30.3 Å². The molecule has 1 aromatic carbocycles. The quantitative estimate of drug-likeness (QED) is 0.819. The minimum atomic E-state index is 0.294. The van der Waals surface area contributed by atoms with Gasteiger partial charge >= 0.3 is 0 Å². The number of amides is 1. The normalized spacial score (nSPS) is 22.5. The van der Waals surface area contributed by atoms with Crippen LogP contribution in [0.15, 0.2) is 42.7 Å². The van der Waals surface area contributed by atoms with Crippen molar-refractivity contribution in [2.75, 3.05) is 33.2 Å². The molecule has 28 heavy (non-hydrogen) atoms. The van der Waals surface area contributed by atoms with Crippen molar-refractivity contribution >= 4 is 5.91 Å². The van der Waals surface area contributed by atoms with Gasteiger partial charge in [-0.3, -0.25) is 9.48 Å². The molecule has 3 heterocycles. The molecule has 0 aliphatic carbocycles. The summed E-state index contributed by atoms with van der Waals surface area (Å²) in [6.07, 6.45) is 8.73. The zero-order valence-electron chi connectivity index (χ0n) is 17.2. The third-order valence-electron chi connectivity index (χ3n) is 6.65. The summed E-state index contributed by atoms with van der Waals surface area (Å²) in [6.45, 7) is 4.11. The highest BCUT2D eigenvalue weighted by Gasteiger charge is 2.41. The van der Waals surface area contributed by atoms with E-state index in [2.05, 4.69) is 52.3 Å². The highest BCUT2D eigenvalue weighted by atomic mass is 16.2. The van der Waals surface area contributed by atoms with Crippen molar-refractivity contribution in [3.8, 4) is 0 Å². The van der Waals surface area contributed by atoms with Crippen molar-refractivity contribution < 1.29 is 4.79 Å². The van der Waals surface area contributed by atoms with Crippen molar-refractivity contribution in [2.24, 2.45) is 12.5 Å². The number of rotatable bonds is 4. The van der Waals surface area contributed by atoms with Crippen molar-refractivity contribution in [1.29, 1.82) is 0 Å². The van der Waals surface area contributed by atoms with E-state index in [1.165, 1.54) is 12.0 Å². The molecule has 1 amide bonds. The molecule has 2 aromatic rings. The number of piperidine rings is 2. The molecule has 5 nitrogen and oxygen atoms in total. The number of aromatic nitrogens is 2. The highest BCUT2D eigenvalue weighted by Crippen LogP contribution is 2.44. The van der Waals surface area contributed by atoms with Crippen molar-refractivity contribution in [3.05, 3.63) is 53.9 Å². The molecule has 0 saturated carbocycles. The molecule has 2 aliphatic rings. The zero-order valence-corrected chi connectivity index (χ0v) is 17.2. The maximum absolute atomic E-state index is 12.7. The Morgan fingerprint density at radius 2 is 1.93 bits per heavy atom. The highest BCUT2D eigenvalue weighted by molar-refractivity contribution is 5.76. The Kier molecular flexibility index (Phi) is 5.54.